The Morgan fingerprint density at radius 1 is 0.281 bits per heavy atom. The lowest BCUT2D eigenvalue weighted by molar-refractivity contribution is -0.161. The molecule has 96 heavy (non-hydrogen) atoms. The average Bonchev–Trinajstić information content (AvgIpc) is 1.60. The van der Waals surface area contributed by atoms with E-state index in [9.17, 15) is 43.2 Å². The van der Waals surface area contributed by atoms with Crippen molar-refractivity contribution in [3.63, 3.8) is 0 Å². The molecule has 0 rings (SSSR count). The number of aliphatic hydroxyl groups is 1. The second kappa shape index (κ2) is 70.1. The molecule has 0 aromatic rings. The van der Waals surface area contributed by atoms with Gasteiger partial charge >= 0.3 is 39.5 Å². The summed E-state index contributed by atoms with van der Waals surface area (Å²) in [6, 6.07) is 0. The highest BCUT2D eigenvalue weighted by Crippen LogP contribution is 2.45. The van der Waals surface area contributed by atoms with E-state index in [1.165, 1.54) is 218 Å². The van der Waals surface area contributed by atoms with Gasteiger partial charge in [-0.1, -0.05) is 356 Å². The van der Waals surface area contributed by atoms with Gasteiger partial charge in [0.05, 0.1) is 26.4 Å². The van der Waals surface area contributed by atoms with E-state index in [1.54, 1.807) is 0 Å². The standard InChI is InChI=1S/C77H150O17P2/c1-6-9-12-15-18-20-22-23-24-25-26-27-28-31-35-39-43-48-53-58-63-77(82)94-73(67-88-75(80)61-56-51-46-41-38-34-32-29-30-33-37-40-45-49-54-59-70(4)5)69-92-96(85,86)90-65-71(78)64-89-95(83,84)91-68-72(66-87-74(79)60-55-50-44-17-14-11-8-3)93-76(81)62-57-52-47-42-36-21-19-16-13-10-7-2/h70-73,78H,6-69H2,1-5H3,(H,83,84)(H,85,86)/t71-,72+,73+/m0/s1. The molecule has 0 aliphatic carbocycles. The Morgan fingerprint density at radius 2 is 0.479 bits per heavy atom. The van der Waals surface area contributed by atoms with Crippen molar-refractivity contribution in [3.8, 4) is 0 Å². The molecule has 0 aromatic carbocycles. The van der Waals surface area contributed by atoms with Crippen LogP contribution in [-0.2, 0) is 65.4 Å². The monoisotopic (exact) mass is 1410 g/mol. The zero-order chi connectivity index (χ0) is 70.5. The molecule has 0 fully saturated rings. The van der Waals surface area contributed by atoms with Crippen LogP contribution in [0.2, 0.25) is 0 Å². The molecule has 17 nitrogen and oxygen atoms in total. The van der Waals surface area contributed by atoms with Crippen LogP contribution in [0.15, 0.2) is 0 Å². The van der Waals surface area contributed by atoms with Crippen molar-refractivity contribution in [1.82, 2.24) is 0 Å². The van der Waals surface area contributed by atoms with E-state index >= 15 is 0 Å². The van der Waals surface area contributed by atoms with Gasteiger partial charge in [-0.25, -0.2) is 9.13 Å². The van der Waals surface area contributed by atoms with Gasteiger partial charge in [0.15, 0.2) is 12.2 Å². The highest BCUT2D eigenvalue weighted by molar-refractivity contribution is 7.47. The van der Waals surface area contributed by atoms with Crippen molar-refractivity contribution >= 4 is 39.5 Å². The Morgan fingerprint density at radius 3 is 0.708 bits per heavy atom. The summed E-state index contributed by atoms with van der Waals surface area (Å²) in [4.78, 5) is 72.7. The fourth-order valence-corrected chi connectivity index (χ4v) is 13.5. The number of unbranched alkanes of at least 4 members (excludes halogenated alkanes) is 49. The fraction of sp³-hybridized carbons (Fsp3) is 0.948. The summed E-state index contributed by atoms with van der Waals surface area (Å²) in [5, 5.41) is 10.6. The lowest BCUT2D eigenvalue weighted by atomic mass is 10.0. The summed E-state index contributed by atoms with van der Waals surface area (Å²) in [6.07, 6.45) is 59.9. The third-order valence-electron chi connectivity index (χ3n) is 18.0. The Kier molecular flexibility index (Phi) is 68.7. The van der Waals surface area contributed by atoms with Crippen molar-refractivity contribution in [1.29, 1.82) is 0 Å². The van der Waals surface area contributed by atoms with Crippen LogP contribution in [-0.4, -0.2) is 96.7 Å². The first-order valence-electron chi connectivity index (χ1n) is 40.1. The number of phosphoric acid groups is 2. The second-order valence-corrected chi connectivity index (χ2v) is 31.1. The molecule has 19 heteroatoms. The fourth-order valence-electron chi connectivity index (χ4n) is 11.9. The van der Waals surface area contributed by atoms with E-state index in [4.69, 9.17) is 37.0 Å². The highest BCUT2D eigenvalue weighted by Gasteiger charge is 2.30. The van der Waals surface area contributed by atoms with Gasteiger partial charge in [0.25, 0.3) is 0 Å². The molecule has 0 saturated carbocycles. The van der Waals surface area contributed by atoms with E-state index in [0.717, 1.165) is 109 Å². The minimum atomic E-state index is -4.96. The minimum Gasteiger partial charge on any atom is -0.462 e. The molecular weight excluding hydrogens is 1260 g/mol. The molecule has 5 atom stereocenters. The number of aliphatic hydroxyl groups excluding tert-OH is 1. The van der Waals surface area contributed by atoms with Gasteiger partial charge in [0.2, 0.25) is 0 Å². The Bertz CT molecular complexity index is 1840. The average molecular weight is 1410 g/mol. The van der Waals surface area contributed by atoms with E-state index in [2.05, 4.69) is 34.6 Å². The maximum atomic E-state index is 13.1. The summed E-state index contributed by atoms with van der Waals surface area (Å²) < 4.78 is 68.4. The largest absolute Gasteiger partial charge is 0.472 e. The number of carbonyl (C=O) groups excluding carboxylic acids is 4. The third kappa shape index (κ3) is 70.5. The Hall–Kier alpha value is -1.94. The lowest BCUT2D eigenvalue weighted by Gasteiger charge is -2.21. The second-order valence-electron chi connectivity index (χ2n) is 28.2. The van der Waals surface area contributed by atoms with Gasteiger partial charge in [-0.3, -0.25) is 37.3 Å². The topological polar surface area (TPSA) is 237 Å². The molecule has 2 unspecified atom stereocenters. The quantitative estimate of drug-likeness (QED) is 0.0222. The van der Waals surface area contributed by atoms with Crippen LogP contribution in [0.4, 0.5) is 0 Å². The molecule has 3 N–H and O–H groups in total. The van der Waals surface area contributed by atoms with Crippen molar-refractivity contribution < 1.29 is 80.2 Å². The van der Waals surface area contributed by atoms with Gasteiger partial charge in [0.1, 0.15) is 19.3 Å². The van der Waals surface area contributed by atoms with E-state index in [-0.39, 0.29) is 25.7 Å². The minimum absolute atomic E-state index is 0.107. The number of esters is 4. The van der Waals surface area contributed by atoms with Crippen molar-refractivity contribution in [3.05, 3.63) is 0 Å². The summed E-state index contributed by atoms with van der Waals surface area (Å²) >= 11 is 0. The molecular formula is C77H150O17P2. The van der Waals surface area contributed by atoms with Gasteiger partial charge in [-0.2, -0.15) is 0 Å². The molecule has 0 aromatic heterocycles. The first kappa shape index (κ1) is 94.1. The number of ether oxygens (including phenoxy) is 4. The van der Waals surface area contributed by atoms with Crippen LogP contribution in [0.1, 0.15) is 407 Å². The molecule has 0 spiro atoms. The summed E-state index contributed by atoms with van der Waals surface area (Å²) in [5.41, 5.74) is 0. The maximum absolute atomic E-state index is 13.1. The Labute approximate surface area is 588 Å². The number of rotatable bonds is 77. The smallest absolute Gasteiger partial charge is 0.462 e. The zero-order valence-corrected chi connectivity index (χ0v) is 64.3. The predicted molar refractivity (Wildman–Crippen MR) is 391 cm³/mol. The number of hydrogen-bond donors (Lipinski definition) is 3. The first-order valence-corrected chi connectivity index (χ1v) is 43.1. The SMILES string of the molecule is CCCCCCCCCCCCCCCCCCCCCCC(=O)O[C@H](COC(=O)CCCCCCCCCCCCCCCCCC(C)C)COP(=O)(O)OC[C@@H](O)COP(=O)(O)OC[C@@H](COC(=O)CCCCCCCCC)OC(=O)CCCCCCCCCCCCC. The van der Waals surface area contributed by atoms with E-state index < -0.39 is 97.5 Å². The number of phosphoric ester groups is 2. The summed E-state index contributed by atoms with van der Waals surface area (Å²) in [6.45, 7) is 7.28. The molecule has 0 amide bonds. The van der Waals surface area contributed by atoms with Gasteiger partial charge in [-0.05, 0) is 31.6 Å². The molecule has 0 radical (unpaired) electrons. The Balaban J connectivity index is 5.16. The zero-order valence-electron chi connectivity index (χ0n) is 62.5. The van der Waals surface area contributed by atoms with Gasteiger partial charge < -0.3 is 33.8 Å². The molecule has 0 aliphatic heterocycles. The highest BCUT2D eigenvalue weighted by atomic mass is 31.2. The third-order valence-corrected chi connectivity index (χ3v) is 19.9. The van der Waals surface area contributed by atoms with Crippen LogP contribution in [0.5, 0.6) is 0 Å². The normalized spacial score (nSPS) is 13.9. The van der Waals surface area contributed by atoms with Crippen molar-refractivity contribution in [2.75, 3.05) is 39.6 Å². The van der Waals surface area contributed by atoms with Crippen LogP contribution in [0.3, 0.4) is 0 Å². The summed E-state index contributed by atoms with van der Waals surface area (Å²) in [7, 11) is -9.90. The molecule has 0 aliphatic rings. The summed E-state index contributed by atoms with van der Waals surface area (Å²) in [5.74, 6) is -1.31. The molecule has 0 saturated heterocycles. The lowest BCUT2D eigenvalue weighted by Crippen LogP contribution is -2.30. The van der Waals surface area contributed by atoms with Crippen molar-refractivity contribution in [2.45, 2.75) is 425 Å². The predicted octanol–water partition coefficient (Wildman–Crippen LogP) is 22.9. The van der Waals surface area contributed by atoms with Crippen LogP contribution in [0.25, 0.3) is 0 Å². The first-order chi connectivity index (χ1) is 46.5. The van der Waals surface area contributed by atoms with E-state index in [1.807, 2.05) is 0 Å². The van der Waals surface area contributed by atoms with Crippen LogP contribution >= 0.6 is 15.6 Å². The van der Waals surface area contributed by atoms with Gasteiger partial charge in [0, 0.05) is 25.7 Å². The number of carbonyl (C=O) groups is 4. The van der Waals surface area contributed by atoms with E-state index in [0.29, 0.717) is 25.7 Å². The van der Waals surface area contributed by atoms with Gasteiger partial charge in [-0.15, -0.1) is 0 Å². The maximum Gasteiger partial charge on any atom is 0.472 e. The van der Waals surface area contributed by atoms with Crippen LogP contribution < -0.4 is 0 Å². The van der Waals surface area contributed by atoms with Crippen molar-refractivity contribution in [2.24, 2.45) is 5.92 Å². The number of hydrogen-bond acceptors (Lipinski definition) is 15. The molecule has 0 heterocycles. The molecule has 0 bridgehead atoms. The van der Waals surface area contributed by atoms with Crippen LogP contribution in [0, 0.1) is 5.92 Å². The molecule has 570 valence electrons.